The highest BCUT2D eigenvalue weighted by atomic mass is 32.1. The van der Waals surface area contributed by atoms with Crippen LogP contribution in [-0.4, -0.2) is 46.8 Å². The molecule has 1 aromatic heterocycles. The van der Waals surface area contributed by atoms with Gasteiger partial charge in [-0.05, 0) is 19.8 Å². The minimum atomic E-state index is -0.369. The second-order valence-electron chi connectivity index (χ2n) is 4.59. The summed E-state index contributed by atoms with van der Waals surface area (Å²) in [7, 11) is 0. The van der Waals surface area contributed by atoms with Gasteiger partial charge in [-0.15, -0.1) is 11.3 Å². The van der Waals surface area contributed by atoms with Crippen molar-refractivity contribution in [2.45, 2.75) is 32.3 Å². The molecule has 2 rings (SSSR count). The van der Waals surface area contributed by atoms with Crippen LogP contribution in [0.3, 0.4) is 0 Å². The number of nitrogens with one attached hydrogen (secondary N) is 1. The topological polar surface area (TPSA) is 65.5 Å². The molecule has 100 valence electrons. The third kappa shape index (κ3) is 3.68. The number of amides is 2. The lowest BCUT2D eigenvalue weighted by molar-refractivity contribution is 0.0843. The molecule has 0 aliphatic carbocycles. The molecule has 0 spiro atoms. The molecule has 1 fully saturated rings. The van der Waals surface area contributed by atoms with Gasteiger partial charge in [-0.1, -0.05) is 0 Å². The van der Waals surface area contributed by atoms with Crippen LogP contribution in [0.15, 0.2) is 6.20 Å². The summed E-state index contributed by atoms with van der Waals surface area (Å²) in [6.07, 6.45) is 3.91. The Morgan fingerprint density at radius 1 is 1.72 bits per heavy atom. The van der Waals surface area contributed by atoms with E-state index in [4.69, 9.17) is 0 Å². The van der Waals surface area contributed by atoms with Crippen molar-refractivity contribution >= 4 is 17.4 Å². The van der Waals surface area contributed by atoms with E-state index in [1.807, 2.05) is 13.1 Å². The molecule has 18 heavy (non-hydrogen) atoms. The number of piperidine rings is 1. The molecule has 2 heterocycles. The van der Waals surface area contributed by atoms with Crippen LogP contribution in [0.2, 0.25) is 0 Å². The van der Waals surface area contributed by atoms with Gasteiger partial charge in [0.15, 0.2) is 0 Å². The fraction of sp³-hybridized carbons (Fsp3) is 0.667. The van der Waals surface area contributed by atoms with Crippen molar-refractivity contribution in [3.05, 3.63) is 16.1 Å². The van der Waals surface area contributed by atoms with Crippen LogP contribution >= 0.6 is 11.3 Å². The molecular formula is C12H19N3O2S. The zero-order valence-corrected chi connectivity index (χ0v) is 11.4. The predicted octanol–water partition coefficient (Wildman–Crippen LogP) is 1.16. The van der Waals surface area contributed by atoms with E-state index < -0.39 is 0 Å². The fourth-order valence-corrected chi connectivity index (χ4v) is 2.83. The predicted molar refractivity (Wildman–Crippen MR) is 70.8 cm³/mol. The molecule has 1 unspecified atom stereocenters. The van der Waals surface area contributed by atoms with Crippen molar-refractivity contribution in [3.8, 4) is 0 Å². The van der Waals surface area contributed by atoms with E-state index in [1.165, 1.54) is 4.88 Å². The lowest BCUT2D eigenvalue weighted by Crippen LogP contribution is -2.47. The van der Waals surface area contributed by atoms with Gasteiger partial charge in [0, 0.05) is 37.1 Å². The molecule has 1 atom stereocenters. The van der Waals surface area contributed by atoms with E-state index >= 15 is 0 Å². The molecule has 2 amide bonds. The Bertz CT molecular complexity index is 408. The van der Waals surface area contributed by atoms with E-state index in [9.17, 15) is 9.90 Å². The Morgan fingerprint density at radius 3 is 3.22 bits per heavy atom. The van der Waals surface area contributed by atoms with Crippen molar-refractivity contribution in [1.82, 2.24) is 15.2 Å². The van der Waals surface area contributed by atoms with Crippen LogP contribution in [0.1, 0.15) is 22.7 Å². The number of carbonyl (C=O) groups excluding carboxylic acids is 1. The van der Waals surface area contributed by atoms with Gasteiger partial charge < -0.3 is 15.3 Å². The Morgan fingerprint density at radius 2 is 2.56 bits per heavy atom. The normalized spacial score (nSPS) is 19.9. The summed E-state index contributed by atoms with van der Waals surface area (Å²) in [6.45, 7) is 3.80. The van der Waals surface area contributed by atoms with Crippen LogP contribution in [0.25, 0.3) is 0 Å². The molecule has 5 nitrogen and oxygen atoms in total. The molecule has 1 aliphatic rings. The lowest BCUT2D eigenvalue weighted by Gasteiger charge is -2.30. The first-order chi connectivity index (χ1) is 8.65. The SMILES string of the molecule is Cc1cnc(CCNC(=O)N2CCCC(O)C2)s1. The minimum Gasteiger partial charge on any atom is -0.391 e. The van der Waals surface area contributed by atoms with Gasteiger partial charge in [-0.3, -0.25) is 0 Å². The molecule has 1 aromatic rings. The largest absolute Gasteiger partial charge is 0.391 e. The van der Waals surface area contributed by atoms with Gasteiger partial charge in [0.2, 0.25) is 0 Å². The molecule has 1 saturated heterocycles. The second-order valence-corrected chi connectivity index (χ2v) is 5.91. The number of aliphatic hydroxyl groups is 1. The van der Waals surface area contributed by atoms with Crippen LogP contribution in [-0.2, 0) is 6.42 Å². The molecule has 0 aromatic carbocycles. The lowest BCUT2D eigenvalue weighted by atomic mass is 10.1. The molecule has 0 radical (unpaired) electrons. The average Bonchev–Trinajstić information content (AvgIpc) is 2.75. The summed E-state index contributed by atoms with van der Waals surface area (Å²) in [5.41, 5.74) is 0. The highest BCUT2D eigenvalue weighted by Crippen LogP contribution is 2.12. The van der Waals surface area contributed by atoms with Gasteiger partial charge in [-0.25, -0.2) is 9.78 Å². The summed E-state index contributed by atoms with van der Waals surface area (Å²) >= 11 is 1.66. The van der Waals surface area contributed by atoms with E-state index in [0.29, 0.717) is 13.1 Å². The number of aromatic nitrogens is 1. The van der Waals surface area contributed by atoms with E-state index in [-0.39, 0.29) is 12.1 Å². The molecule has 6 heteroatoms. The number of urea groups is 1. The van der Waals surface area contributed by atoms with Gasteiger partial charge in [0.1, 0.15) is 0 Å². The van der Waals surface area contributed by atoms with Crippen LogP contribution < -0.4 is 5.32 Å². The number of aliphatic hydroxyl groups excluding tert-OH is 1. The average molecular weight is 269 g/mol. The van der Waals surface area contributed by atoms with Crippen molar-refractivity contribution < 1.29 is 9.90 Å². The van der Waals surface area contributed by atoms with Gasteiger partial charge in [-0.2, -0.15) is 0 Å². The van der Waals surface area contributed by atoms with E-state index in [2.05, 4.69) is 10.3 Å². The molecule has 0 bridgehead atoms. The Kier molecular flexibility index (Phi) is 4.54. The first kappa shape index (κ1) is 13.3. The summed E-state index contributed by atoms with van der Waals surface area (Å²) in [5, 5.41) is 13.4. The number of hydrogen-bond acceptors (Lipinski definition) is 4. The third-order valence-corrected chi connectivity index (χ3v) is 3.94. The Hall–Kier alpha value is -1.14. The van der Waals surface area contributed by atoms with Gasteiger partial charge in [0.05, 0.1) is 11.1 Å². The molecule has 1 aliphatic heterocycles. The van der Waals surface area contributed by atoms with Crippen LogP contribution in [0, 0.1) is 6.92 Å². The van der Waals surface area contributed by atoms with Crippen molar-refractivity contribution in [3.63, 3.8) is 0 Å². The number of thiazole rings is 1. The van der Waals surface area contributed by atoms with Gasteiger partial charge in [0.25, 0.3) is 0 Å². The maximum absolute atomic E-state index is 11.8. The monoisotopic (exact) mass is 269 g/mol. The number of β-amino-alcohol motifs (C(OH)–C–C–N with tert-alkyl or cyclic N) is 1. The summed E-state index contributed by atoms with van der Waals surface area (Å²) in [5.74, 6) is 0. The Balaban J connectivity index is 1.71. The number of likely N-dealkylation sites (tertiary alicyclic amines) is 1. The third-order valence-electron chi connectivity index (χ3n) is 2.97. The maximum Gasteiger partial charge on any atom is 0.317 e. The summed E-state index contributed by atoms with van der Waals surface area (Å²) in [6, 6.07) is -0.0815. The quantitative estimate of drug-likeness (QED) is 0.865. The van der Waals surface area contributed by atoms with E-state index in [1.54, 1.807) is 16.2 Å². The first-order valence-electron chi connectivity index (χ1n) is 6.27. The van der Waals surface area contributed by atoms with Gasteiger partial charge >= 0.3 is 6.03 Å². The molecule has 0 saturated carbocycles. The smallest absolute Gasteiger partial charge is 0.317 e. The number of hydrogen-bond donors (Lipinski definition) is 2. The van der Waals surface area contributed by atoms with Crippen LogP contribution in [0.4, 0.5) is 4.79 Å². The first-order valence-corrected chi connectivity index (χ1v) is 7.09. The standard InChI is InChI=1S/C12H19N3O2S/c1-9-7-14-11(18-9)4-5-13-12(17)15-6-2-3-10(16)8-15/h7,10,16H,2-6,8H2,1H3,(H,13,17). The fourth-order valence-electron chi connectivity index (χ4n) is 2.04. The zero-order chi connectivity index (χ0) is 13.0. The number of nitrogens with zero attached hydrogens (tertiary/aromatic N) is 2. The molecule has 2 N–H and O–H groups in total. The number of aryl methyl sites for hydroxylation is 1. The maximum atomic E-state index is 11.8. The highest BCUT2D eigenvalue weighted by Gasteiger charge is 2.21. The zero-order valence-electron chi connectivity index (χ0n) is 10.6. The number of rotatable bonds is 3. The second kappa shape index (κ2) is 6.15. The van der Waals surface area contributed by atoms with Crippen molar-refractivity contribution in [1.29, 1.82) is 0 Å². The summed E-state index contributed by atoms with van der Waals surface area (Å²) < 4.78 is 0. The van der Waals surface area contributed by atoms with Crippen molar-refractivity contribution in [2.24, 2.45) is 0 Å². The van der Waals surface area contributed by atoms with Crippen LogP contribution in [0.5, 0.6) is 0 Å². The Labute approximate surface area is 111 Å². The minimum absolute atomic E-state index is 0.0815. The molecular weight excluding hydrogens is 250 g/mol. The summed E-state index contributed by atoms with van der Waals surface area (Å²) in [4.78, 5) is 18.9. The number of carbonyl (C=O) groups is 1. The van der Waals surface area contributed by atoms with E-state index in [0.717, 1.165) is 30.8 Å². The highest BCUT2D eigenvalue weighted by molar-refractivity contribution is 7.11. The van der Waals surface area contributed by atoms with Crippen molar-refractivity contribution in [2.75, 3.05) is 19.6 Å².